The quantitative estimate of drug-likeness (QED) is 0.735. The Morgan fingerprint density at radius 2 is 2.27 bits per heavy atom. The third-order valence-electron chi connectivity index (χ3n) is 3.65. The van der Waals surface area contributed by atoms with Crippen LogP contribution in [0.4, 0.5) is 0 Å². The minimum atomic E-state index is -1.02. The number of likely N-dealkylation sites (tertiary alicyclic amines) is 1. The summed E-state index contributed by atoms with van der Waals surface area (Å²) in [7, 11) is 2.01. The molecule has 88 valence electrons. The highest BCUT2D eigenvalue weighted by molar-refractivity contribution is 5.71. The average Bonchev–Trinajstić information content (AvgIpc) is 2.12. The lowest BCUT2D eigenvalue weighted by Crippen LogP contribution is -2.53. The summed E-state index contributed by atoms with van der Waals surface area (Å²) >= 11 is 0. The third kappa shape index (κ3) is 2.49. The van der Waals surface area contributed by atoms with E-state index in [-0.39, 0.29) is 6.04 Å². The van der Waals surface area contributed by atoms with E-state index in [1.165, 1.54) is 0 Å². The van der Waals surface area contributed by atoms with Crippen molar-refractivity contribution in [2.24, 2.45) is 5.92 Å². The normalized spacial score (nSPS) is 35.1. The van der Waals surface area contributed by atoms with E-state index in [0.717, 1.165) is 6.54 Å². The molecule has 1 aliphatic rings. The van der Waals surface area contributed by atoms with Gasteiger partial charge in [-0.05, 0) is 33.2 Å². The molecule has 1 fully saturated rings. The Labute approximate surface area is 90.9 Å². The summed E-state index contributed by atoms with van der Waals surface area (Å²) in [4.78, 5) is 13.2. The maximum absolute atomic E-state index is 11.0. The first-order chi connectivity index (χ1) is 6.90. The molecule has 3 unspecified atom stereocenters. The summed E-state index contributed by atoms with van der Waals surface area (Å²) in [6.45, 7) is 4.61. The molecule has 0 aromatic heterocycles. The van der Waals surface area contributed by atoms with Crippen LogP contribution in [0.1, 0.15) is 33.1 Å². The maximum atomic E-state index is 11.0. The molecule has 4 heteroatoms. The zero-order valence-electron chi connectivity index (χ0n) is 9.73. The number of nitrogens with zero attached hydrogens (tertiary/aromatic N) is 1. The largest absolute Gasteiger partial charge is 0.481 e. The number of piperidine rings is 1. The number of carbonyl (C=O) groups is 1. The van der Waals surface area contributed by atoms with Gasteiger partial charge in [0.1, 0.15) is 0 Å². The van der Waals surface area contributed by atoms with E-state index in [4.69, 9.17) is 5.11 Å². The van der Waals surface area contributed by atoms with Gasteiger partial charge in [-0.25, -0.2) is 0 Å². The van der Waals surface area contributed by atoms with Crippen LogP contribution < -0.4 is 0 Å². The zero-order chi connectivity index (χ0) is 11.6. The summed E-state index contributed by atoms with van der Waals surface area (Å²) in [5.41, 5.74) is -1.02. The number of hydrogen-bond acceptors (Lipinski definition) is 3. The van der Waals surface area contributed by atoms with Crippen LogP contribution in [-0.2, 0) is 4.79 Å². The summed E-state index contributed by atoms with van der Waals surface area (Å²) in [5.74, 6) is -1.51. The van der Waals surface area contributed by atoms with E-state index in [2.05, 4.69) is 4.90 Å². The molecule has 0 radical (unpaired) electrons. The van der Waals surface area contributed by atoms with Gasteiger partial charge < -0.3 is 15.1 Å². The van der Waals surface area contributed by atoms with Crippen molar-refractivity contribution in [3.05, 3.63) is 0 Å². The fraction of sp³-hybridized carbons (Fsp3) is 0.909. The predicted octanol–water partition coefficient (Wildman–Crippen LogP) is 0.942. The van der Waals surface area contributed by atoms with Gasteiger partial charge in [0.2, 0.25) is 0 Å². The van der Waals surface area contributed by atoms with Crippen LogP contribution in [0.25, 0.3) is 0 Å². The van der Waals surface area contributed by atoms with Crippen molar-refractivity contribution in [3.8, 4) is 0 Å². The first-order valence-electron chi connectivity index (χ1n) is 5.56. The highest BCUT2D eigenvalue weighted by Gasteiger charge is 2.44. The van der Waals surface area contributed by atoms with Crippen molar-refractivity contribution >= 4 is 5.97 Å². The van der Waals surface area contributed by atoms with Crippen LogP contribution in [0.15, 0.2) is 0 Å². The van der Waals surface area contributed by atoms with Gasteiger partial charge in [0.25, 0.3) is 0 Å². The number of aliphatic carboxylic acids is 1. The number of carboxylic acid groups (broad SMARTS) is 1. The molecule has 1 aliphatic heterocycles. The van der Waals surface area contributed by atoms with Crippen molar-refractivity contribution in [2.45, 2.75) is 44.8 Å². The Bertz CT molecular complexity index is 244. The van der Waals surface area contributed by atoms with Crippen LogP contribution in [0, 0.1) is 5.92 Å². The lowest BCUT2D eigenvalue weighted by Gasteiger charge is -2.43. The summed E-state index contributed by atoms with van der Waals surface area (Å²) < 4.78 is 0. The molecule has 1 rings (SSSR count). The van der Waals surface area contributed by atoms with Gasteiger partial charge in [0, 0.05) is 12.6 Å². The predicted molar refractivity (Wildman–Crippen MR) is 57.7 cm³/mol. The second-order valence-electron chi connectivity index (χ2n) is 4.69. The first-order valence-corrected chi connectivity index (χ1v) is 5.56. The van der Waals surface area contributed by atoms with Gasteiger partial charge in [-0.3, -0.25) is 4.79 Å². The van der Waals surface area contributed by atoms with Crippen molar-refractivity contribution < 1.29 is 15.0 Å². The molecule has 0 spiro atoms. The SMILES string of the molecule is CCC(C(=O)O)C1(O)CCN(C)C(C)C1. The summed E-state index contributed by atoms with van der Waals surface area (Å²) in [5, 5.41) is 19.5. The van der Waals surface area contributed by atoms with Crippen molar-refractivity contribution in [2.75, 3.05) is 13.6 Å². The van der Waals surface area contributed by atoms with Crippen LogP contribution in [-0.4, -0.2) is 46.3 Å². The molecule has 1 heterocycles. The molecule has 0 saturated carbocycles. The fourth-order valence-corrected chi connectivity index (χ4v) is 2.46. The van der Waals surface area contributed by atoms with Crippen molar-refractivity contribution in [1.82, 2.24) is 4.90 Å². The first kappa shape index (κ1) is 12.5. The Balaban J connectivity index is 2.77. The molecule has 1 saturated heterocycles. The highest BCUT2D eigenvalue weighted by atomic mass is 16.4. The van der Waals surface area contributed by atoms with Crippen LogP contribution in [0.5, 0.6) is 0 Å². The Hall–Kier alpha value is -0.610. The molecule has 0 bridgehead atoms. The van der Waals surface area contributed by atoms with Gasteiger partial charge in [0.05, 0.1) is 11.5 Å². The number of rotatable bonds is 3. The average molecular weight is 215 g/mol. The summed E-state index contributed by atoms with van der Waals surface area (Å²) in [6, 6.07) is 0.247. The molecule has 0 aromatic rings. The van der Waals surface area contributed by atoms with Gasteiger partial charge >= 0.3 is 5.97 Å². The second kappa shape index (κ2) is 4.49. The highest BCUT2D eigenvalue weighted by Crippen LogP contribution is 2.34. The number of aliphatic hydroxyl groups is 1. The minimum absolute atomic E-state index is 0.247. The van der Waals surface area contributed by atoms with E-state index in [1.807, 2.05) is 20.9 Å². The van der Waals surface area contributed by atoms with Crippen LogP contribution in [0.2, 0.25) is 0 Å². The fourth-order valence-electron chi connectivity index (χ4n) is 2.46. The monoisotopic (exact) mass is 215 g/mol. The van der Waals surface area contributed by atoms with Crippen LogP contribution in [0.3, 0.4) is 0 Å². The van der Waals surface area contributed by atoms with E-state index < -0.39 is 17.5 Å². The smallest absolute Gasteiger partial charge is 0.309 e. The molecular weight excluding hydrogens is 194 g/mol. The van der Waals surface area contributed by atoms with Crippen LogP contribution >= 0.6 is 0 Å². The van der Waals surface area contributed by atoms with E-state index >= 15 is 0 Å². The summed E-state index contributed by atoms with van der Waals surface area (Å²) in [6.07, 6.45) is 1.59. The lowest BCUT2D eigenvalue weighted by atomic mass is 9.76. The molecule has 3 atom stereocenters. The molecule has 0 aliphatic carbocycles. The molecule has 0 amide bonds. The topological polar surface area (TPSA) is 60.8 Å². The Kier molecular flexibility index (Phi) is 3.73. The van der Waals surface area contributed by atoms with Gasteiger partial charge in [-0.2, -0.15) is 0 Å². The standard InChI is InChI=1S/C11H21NO3/c1-4-9(10(13)14)11(15)5-6-12(3)8(2)7-11/h8-9,15H,4-7H2,1-3H3,(H,13,14). The lowest BCUT2D eigenvalue weighted by molar-refractivity contribution is -0.158. The molecular formula is C11H21NO3. The Morgan fingerprint density at radius 3 is 2.67 bits per heavy atom. The van der Waals surface area contributed by atoms with Gasteiger partial charge in [-0.15, -0.1) is 0 Å². The number of hydrogen-bond donors (Lipinski definition) is 2. The van der Waals surface area contributed by atoms with E-state index in [9.17, 15) is 9.90 Å². The maximum Gasteiger partial charge on any atom is 0.309 e. The molecule has 4 nitrogen and oxygen atoms in total. The molecule has 15 heavy (non-hydrogen) atoms. The Morgan fingerprint density at radius 1 is 1.67 bits per heavy atom. The third-order valence-corrected chi connectivity index (χ3v) is 3.65. The number of carboxylic acids is 1. The van der Waals surface area contributed by atoms with Crippen molar-refractivity contribution in [3.63, 3.8) is 0 Å². The molecule has 2 N–H and O–H groups in total. The van der Waals surface area contributed by atoms with Gasteiger partial charge in [0.15, 0.2) is 0 Å². The molecule has 0 aromatic carbocycles. The minimum Gasteiger partial charge on any atom is -0.481 e. The van der Waals surface area contributed by atoms with Crippen molar-refractivity contribution in [1.29, 1.82) is 0 Å². The van der Waals surface area contributed by atoms with E-state index in [1.54, 1.807) is 0 Å². The second-order valence-corrected chi connectivity index (χ2v) is 4.69. The zero-order valence-corrected chi connectivity index (χ0v) is 9.73. The van der Waals surface area contributed by atoms with E-state index in [0.29, 0.717) is 19.3 Å². The van der Waals surface area contributed by atoms with Gasteiger partial charge in [-0.1, -0.05) is 6.92 Å².